The van der Waals surface area contributed by atoms with Crippen LogP contribution in [0.15, 0.2) is 66.9 Å². The highest BCUT2D eigenvalue weighted by atomic mass is 19.4. The first kappa shape index (κ1) is 17.1. The zero-order valence-electron chi connectivity index (χ0n) is 13.2. The summed E-state index contributed by atoms with van der Waals surface area (Å²) < 4.78 is 43.9. The van der Waals surface area contributed by atoms with Gasteiger partial charge in [-0.1, -0.05) is 42.5 Å². The second-order valence-electron chi connectivity index (χ2n) is 5.77. The van der Waals surface area contributed by atoms with E-state index in [1.54, 1.807) is 42.6 Å². The molecule has 0 aromatic heterocycles. The molecule has 0 spiro atoms. The third-order valence-corrected chi connectivity index (χ3v) is 3.99. The lowest BCUT2D eigenvalue weighted by molar-refractivity contribution is -0.137. The molecule has 0 fully saturated rings. The van der Waals surface area contributed by atoms with Gasteiger partial charge in [0, 0.05) is 18.7 Å². The highest BCUT2D eigenvalue weighted by Gasteiger charge is 2.31. The molecule has 1 amide bonds. The number of alkyl halides is 3. The standard InChI is InChI=1S/C19H16F3NO2/c20-19(21,22)16-8-4-6-14(12-16)15-7-5-11-23(13-15)18(24)25-17-9-2-1-3-10-17/h1-6,8-12,15H,7,13H2/t15-/m1/s1. The van der Waals surface area contributed by atoms with E-state index >= 15 is 0 Å². The van der Waals surface area contributed by atoms with Crippen LogP contribution in [0, 0.1) is 0 Å². The lowest BCUT2D eigenvalue weighted by atomic mass is 9.92. The molecule has 0 saturated heterocycles. The number of carbonyl (C=O) groups is 1. The van der Waals surface area contributed by atoms with Crippen molar-refractivity contribution in [3.8, 4) is 5.75 Å². The molecule has 0 N–H and O–H groups in total. The summed E-state index contributed by atoms with van der Waals surface area (Å²) in [4.78, 5) is 13.6. The predicted molar refractivity (Wildman–Crippen MR) is 87.1 cm³/mol. The normalized spacial score (nSPS) is 17.4. The second-order valence-corrected chi connectivity index (χ2v) is 5.77. The third kappa shape index (κ3) is 4.21. The number of ether oxygens (including phenoxy) is 1. The average molecular weight is 347 g/mol. The molecular formula is C19H16F3NO2. The van der Waals surface area contributed by atoms with E-state index in [2.05, 4.69) is 0 Å². The second kappa shape index (κ2) is 7.01. The number of hydrogen-bond donors (Lipinski definition) is 0. The Morgan fingerprint density at radius 3 is 2.56 bits per heavy atom. The van der Waals surface area contributed by atoms with Crippen LogP contribution in [-0.2, 0) is 6.18 Å². The first-order valence-electron chi connectivity index (χ1n) is 7.81. The minimum absolute atomic E-state index is 0.212. The Morgan fingerprint density at radius 2 is 1.84 bits per heavy atom. The SMILES string of the molecule is O=C(Oc1ccccc1)N1C=CC[C@@H](c2cccc(C(F)(F)F)c2)C1. The minimum Gasteiger partial charge on any atom is -0.410 e. The molecule has 3 rings (SSSR count). The molecule has 1 aliphatic rings. The van der Waals surface area contributed by atoms with E-state index in [1.807, 2.05) is 6.07 Å². The Bertz CT molecular complexity index is 772. The van der Waals surface area contributed by atoms with Gasteiger partial charge in [-0.15, -0.1) is 0 Å². The van der Waals surface area contributed by atoms with Crippen LogP contribution in [0.25, 0.3) is 0 Å². The molecule has 1 aliphatic heterocycles. The number of hydrogen-bond acceptors (Lipinski definition) is 2. The van der Waals surface area contributed by atoms with Crippen LogP contribution in [0.4, 0.5) is 18.0 Å². The van der Waals surface area contributed by atoms with Gasteiger partial charge in [-0.3, -0.25) is 4.90 Å². The Labute approximate surface area is 143 Å². The molecule has 6 heteroatoms. The maximum Gasteiger partial charge on any atom is 0.419 e. The van der Waals surface area contributed by atoms with Gasteiger partial charge in [0.2, 0.25) is 0 Å². The summed E-state index contributed by atoms with van der Waals surface area (Å²) in [7, 11) is 0. The van der Waals surface area contributed by atoms with Crippen molar-refractivity contribution in [2.24, 2.45) is 0 Å². The zero-order chi connectivity index (χ0) is 17.9. The van der Waals surface area contributed by atoms with E-state index in [0.29, 0.717) is 17.7 Å². The molecule has 0 radical (unpaired) electrons. The number of nitrogens with zero attached hydrogens (tertiary/aromatic N) is 1. The highest BCUT2D eigenvalue weighted by molar-refractivity contribution is 5.72. The number of benzene rings is 2. The van der Waals surface area contributed by atoms with Gasteiger partial charge < -0.3 is 4.74 Å². The molecule has 0 saturated carbocycles. The lowest BCUT2D eigenvalue weighted by Gasteiger charge is -2.28. The summed E-state index contributed by atoms with van der Waals surface area (Å²) in [6.07, 6.45) is -1.00. The number of halogens is 3. The van der Waals surface area contributed by atoms with E-state index in [9.17, 15) is 18.0 Å². The monoisotopic (exact) mass is 347 g/mol. The van der Waals surface area contributed by atoms with E-state index in [1.165, 1.54) is 11.0 Å². The molecule has 2 aromatic rings. The molecule has 25 heavy (non-hydrogen) atoms. The van der Waals surface area contributed by atoms with Crippen molar-refractivity contribution < 1.29 is 22.7 Å². The van der Waals surface area contributed by atoms with Crippen molar-refractivity contribution in [2.75, 3.05) is 6.54 Å². The van der Waals surface area contributed by atoms with Gasteiger partial charge in [0.1, 0.15) is 5.75 Å². The summed E-state index contributed by atoms with van der Waals surface area (Å²) in [5.41, 5.74) is -0.130. The third-order valence-electron chi connectivity index (χ3n) is 3.99. The summed E-state index contributed by atoms with van der Waals surface area (Å²) >= 11 is 0. The fourth-order valence-electron chi connectivity index (χ4n) is 2.72. The fraction of sp³-hybridized carbons (Fsp3) is 0.211. The van der Waals surface area contributed by atoms with Crippen molar-refractivity contribution in [3.05, 3.63) is 78.0 Å². The number of amides is 1. The zero-order valence-corrected chi connectivity index (χ0v) is 13.2. The van der Waals surface area contributed by atoms with Crippen LogP contribution < -0.4 is 4.74 Å². The topological polar surface area (TPSA) is 29.5 Å². The largest absolute Gasteiger partial charge is 0.419 e. The van der Waals surface area contributed by atoms with Gasteiger partial charge in [0.15, 0.2) is 0 Å². The molecule has 1 heterocycles. The van der Waals surface area contributed by atoms with Crippen LogP contribution in [0.5, 0.6) is 5.75 Å². The molecule has 2 aromatic carbocycles. The summed E-state index contributed by atoms with van der Waals surface area (Å²) in [6.45, 7) is 0.267. The predicted octanol–water partition coefficient (Wildman–Crippen LogP) is 5.21. The van der Waals surface area contributed by atoms with Gasteiger partial charge >= 0.3 is 12.3 Å². The van der Waals surface area contributed by atoms with Gasteiger partial charge in [0.25, 0.3) is 0 Å². The van der Waals surface area contributed by atoms with E-state index in [0.717, 1.165) is 12.1 Å². The maximum atomic E-state index is 12.9. The van der Waals surface area contributed by atoms with Crippen LogP contribution in [0.1, 0.15) is 23.5 Å². The molecule has 0 aliphatic carbocycles. The van der Waals surface area contributed by atoms with E-state index < -0.39 is 17.8 Å². The van der Waals surface area contributed by atoms with Gasteiger partial charge in [0.05, 0.1) is 5.56 Å². The highest BCUT2D eigenvalue weighted by Crippen LogP contribution is 2.33. The van der Waals surface area contributed by atoms with Crippen molar-refractivity contribution >= 4 is 6.09 Å². The Morgan fingerprint density at radius 1 is 1.08 bits per heavy atom. The molecule has 0 bridgehead atoms. The van der Waals surface area contributed by atoms with Crippen LogP contribution in [0.2, 0.25) is 0 Å². The molecule has 0 unspecified atom stereocenters. The van der Waals surface area contributed by atoms with Gasteiger partial charge in [-0.05, 0) is 30.2 Å². The summed E-state index contributed by atoms with van der Waals surface area (Å²) in [5, 5.41) is 0. The van der Waals surface area contributed by atoms with Crippen LogP contribution in [0.3, 0.4) is 0 Å². The number of allylic oxidation sites excluding steroid dienone is 1. The van der Waals surface area contributed by atoms with Crippen molar-refractivity contribution in [1.29, 1.82) is 0 Å². The van der Waals surface area contributed by atoms with Crippen LogP contribution >= 0.6 is 0 Å². The first-order valence-corrected chi connectivity index (χ1v) is 7.81. The quantitative estimate of drug-likeness (QED) is 0.746. The fourth-order valence-corrected chi connectivity index (χ4v) is 2.72. The number of para-hydroxylation sites is 1. The van der Waals surface area contributed by atoms with Gasteiger partial charge in [-0.25, -0.2) is 4.79 Å². The summed E-state index contributed by atoms with van der Waals surface area (Å²) in [6, 6.07) is 13.9. The average Bonchev–Trinajstić information content (AvgIpc) is 2.62. The lowest BCUT2D eigenvalue weighted by Crippen LogP contribution is -2.34. The Balaban J connectivity index is 1.72. The summed E-state index contributed by atoms with van der Waals surface area (Å²) in [5.74, 6) is 0.206. The minimum atomic E-state index is -4.38. The number of rotatable bonds is 2. The number of carbonyl (C=O) groups excluding carboxylic acids is 1. The molecule has 1 atom stereocenters. The van der Waals surface area contributed by atoms with Crippen LogP contribution in [-0.4, -0.2) is 17.5 Å². The Hall–Kier alpha value is -2.76. The Kier molecular flexibility index (Phi) is 4.79. The van der Waals surface area contributed by atoms with Crippen molar-refractivity contribution in [3.63, 3.8) is 0 Å². The van der Waals surface area contributed by atoms with E-state index in [-0.39, 0.29) is 12.5 Å². The maximum absolute atomic E-state index is 12.9. The van der Waals surface area contributed by atoms with Gasteiger partial charge in [-0.2, -0.15) is 13.2 Å². The van der Waals surface area contributed by atoms with E-state index in [4.69, 9.17) is 4.74 Å². The molecule has 130 valence electrons. The smallest absolute Gasteiger partial charge is 0.410 e. The molecular weight excluding hydrogens is 331 g/mol. The van der Waals surface area contributed by atoms with Crippen molar-refractivity contribution in [2.45, 2.75) is 18.5 Å². The first-order chi connectivity index (χ1) is 11.9. The van der Waals surface area contributed by atoms with Crippen molar-refractivity contribution in [1.82, 2.24) is 4.90 Å². The molecule has 3 nitrogen and oxygen atoms in total.